The molecule has 6 aromatic heterocycles. The molecule has 0 amide bonds. The Kier molecular flexibility index (Phi) is 19.6. The SMILES string of the molecule is c1ccc(-c2ccc3oc4c(-c5nc(-c6ccccc6)nc(-c6ccc7ccc8c9ccccc9ccc8c7c6)n5)cccc4c3c2)cc1.c1ccc(-c2nc(-c3cc(-c4ccccc4)c4c(c3)oc3ccccc34)nc(-c3ccc4ccc5c6ccccc6ccc5c4c3)n2)cc1.c1ccc(-c2nc(-c3ccc4ccc5c6ccccc6ccc5c4c3)nc(-c3cccc4c3oc3ccccc34)n2)cc1. The van der Waals surface area contributed by atoms with E-state index in [2.05, 4.69) is 315 Å². The highest BCUT2D eigenvalue weighted by molar-refractivity contribution is 6.22. The van der Waals surface area contributed by atoms with E-state index in [1.54, 1.807) is 0 Å². The van der Waals surface area contributed by atoms with Crippen LogP contribution >= 0.6 is 0 Å². The van der Waals surface area contributed by atoms with Crippen LogP contribution in [-0.4, -0.2) is 44.9 Å². The number of hydrogen-bond acceptors (Lipinski definition) is 12. The summed E-state index contributed by atoms with van der Waals surface area (Å²) in [5, 5.41) is 28.2. The van der Waals surface area contributed by atoms with E-state index < -0.39 is 0 Å². The average Bonchev–Trinajstić information content (AvgIpc) is 1.72. The van der Waals surface area contributed by atoms with E-state index in [1.165, 1.54) is 97.1 Å². The van der Waals surface area contributed by atoms with Crippen LogP contribution in [0.5, 0.6) is 0 Å². The quantitative estimate of drug-likeness (QED) is 0.113. The molecule has 12 heteroatoms. The monoisotopic (exact) mass is 1800 g/mol. The molecule has 0 aliphatic rings. The molecule has 0 unspecified atom stereocenters. The maximum atomic E-state index is 6.56. The second-order valence-corrected chi connectivity index (χ2v) is 35.7. The van der Waals surface area contributed by atoms with Gasteiger partial charge in [0.15, 0.2) is 52.4 Å². The standard InChI is InChI=1S/2C45H27N3O.C39H23N3O/c1-3-11-28(12-4-1)39-26-33(27-41-42(39)37-17-9-10-18-40(37)49-41)45-47-43(31-14-5-2-6-15-31)46-44(48-45)32-20-19-30-22-23-35-34-16-8-7-13-29(34)21-24-36(35)38(30)25-32;1-3-10-28(11-4-1)32-22-25-41-40(26-32)37-16-9-17-38(42(37)49-41)45-47-43(31-13-5-2-6-14-31)46-44(48-45)33-19-18-30-21-23-35-34-15-8-7-12-29(34)20-24-36(35)39(30)27-33;1-2-10-26(11-3-1)37-40-38(42-39(41-37)33-15-8-14-32-31-13-6-7-16-35(31)43-36(32)33)27-18-17-25-20-21-29-28-12-5-4-9-24(28)19-22-30(29)34(25)23-27/h2*1-27H;1-23H. The van der Waals surface area contributed by atoms with Crippen molar-refractivity contribution in [1.82, 2.24) is 44.9 Å². The second kappa shape index (κ2) is 34.0. The molecule has 0 radical (unpaired) electrons. The maximum Gasteiger partial charge on any atom is 0.167 e. The van der Waals surface area contributed by atoms with Crippen molar-refractivity contribution >= 4 is 163 Å². The Labute approximate surface area is 807 Å². The molecule has 12 nitrogen and oxygen atoms in total. The number of fused-ring (bicyclic) bond motifs is 24. The van der Waals surface area contributed by atoms with Crippen molar-refractivity contribution in [2.45, 2.75) is 0 Å². The van der Waals surface area contributed by atoms with Crippen molar-refractivity contribution < 1.29 is 13.3 Å². The number of aromatic nitrogens is 9. The predicted molar refractivity (Wildman–Crippen MR) is 579 cm³/mol. The molecule has 0 saturated carbocycles. The summed E-state index contributed by atoms with van der Waals surface area (Å²) in [5.41, 5.74) is 17.5. The van der Waals surface area contributed by atoms with E-state index in [0.29, 0.717) is 52.4 Å². The Morgan fingerprint density at radius 2 is 0.404 bits per heavy atom. The summed E-state index contributed by atoms with van der Waals surface area (Å²) in [6, 6.07) is 162. The zero-order chi connectivity index (χ0) is 93.0. The molecule has 6 heterocycles. The van der Waals surface area contributed by atoms with E-state index in [-0.39, 0.29) is 0 Å². The van der Waals surface area contributed by atoms with Gasteiger partial charge in [-0.3, -0.25) is 0 Å². The fourth-order valence-electron chi connectivity index (χ4n) is 20.4. The Hall–Kier alpha value is -19.2. The second-order valence-electron chi connectivity index (χ2n) is 35.7. The fourth-order valence-corrected chi connectivity index (χ4v) is 20.4. The first-order chi connectivity index (χ1) is 69.8. The average molecular weight is 1800 g/mol. The lowest BCUT2D eigenvalue weighted by molar-refractivity contribution is 0.669. The Bertz CT molecular complexity index is 10100. The van der Waals surface area contributed by atoms with Crippen LogP contribution in [-0.2, 0) is 0 Å². The molecule has 0 N–H and O–H groups in total. The molecule has 0 aliphatic carbocycles. The molecule has 141 heavy (non-hydrogen) atoms. The van der Waals surface area contributed by atoms with Crippen molar-refractivity contribution in [2.24, 2.45) is 0 Å². The molecule has 0 aliphatic heterocycles. The van der Waals surface area contributed by atoms with Gasteiger partial charge < -0.3 is 13.3 Å². The highest BCUT2D eigenvalue weighted by Gasteiger charge is 2.25. The smallest absolute Gasteiger partial charge is 0.167 e. The number of para-hydroxylation sites is 4. The predicted octanol–water partition coefficient (Wildman–Crippen LogP) is 34.0. The lowest BCUT2D eigenvalue weighted by Crippen LogP contribution is -2.00. The molecule has 0 bridgehead atoms. The van der Waals surface area contributed by atoms with Gasteiger partial charge in [0.05, 0.1) is 11.1 Å². The molecule has 29 rings (SSSR count). The van der Waals surface area contributed by atoms with Crippen LogP contribution in [0.1, 0.15) is 0 Å². The maximum absolute atomic E-state index is 6.56. The lowest BCUT2D eigenvalue weighted by atomic mass is 9.96. The van der Waals surface area contributed by atoms with Crippen molar-refractivity contribution in [2.75, 3.05) is 0 Å². The number of furan rings is 3. The summed E-state index contributed by atoms with van der Waals surface area (Å²) in [6.45, 7) is 0. The topological polar surface area (TPSA) is 155 Å². The Balaban J connectivity index is 0.000000106. The first kappa shape index (κ1) is 81.4. The molecule has 656 valence electrons. The normalized spacial score (nSPS) is 11.7. The molecular formula is C129H77N9O3. The van der Waals surface area contributed by atoms with Gasteiger partial charge in [0.2, 0.25) is 0 Å². The van der Waals surface area contributed by atoms with Crippen molar-refractivity contribution in [3.05, 3.63) is 467 Å². The van der Waals surface area contributed by atoms with E-state index in [1.807, 2.05) is 152 Å². The van der Waals surface area contributed by atoms with E-state index in [4.69, 9.17) is 58.1 Å². The van der Waals surface area contributed by atoms with Crippen LogP contribution < -0.4 is 0 Å². The number of hydrogen-bond donors (Lipinski definition) is 0. The van der Waals surface area contributed by atoms with Gasteiger partial charge in [-0.05, 0) is 186 Å². The van der Waals surface area contributed by atoms with Crippen LogP contribution in [0, 0.1) is 0 Å². The molecule has 0 saturated heterocycles. The summed E-state index contributed by atoms with van der Waals surface area (Å²) in [6.07, 6.45) is 0. The molecule has 0 fully saturated rings. The highest BCUT2D eigenvalue weighted by Crippen LogP contribution is 2.46. The third kappa shape index (κ3) is 14.6. The minimum atomic E-state index is 0.570. The summed E-state index contributed by atoms with van der Waals surface area (Å²) >= 11 is 0. The largest absolute Gasteiger partial charge is 0.456 e. The first-order valence-corrected chi connectivity index (χ1v) is 47.2. The van der Waals surface area contributed by atoms with E-state index >= 15 is 0 Å². The van der Waals surface area contributed by atoms with Gasteiger partial charge in [-0.25, -0.2) is 44.9 Å². The summed E-state index contributed by atoms with van der Waals surface area (Å²) in [4.78, 5) is 45.6. The van der Waals surface area contributed by atoms with Crippen LogP contribution in [0.3, 0.4) is 0 Å². The highest BCUT2D eigenvalue weighted by atomic mass is 16.3. The zero-order valence-electron chi connectivity index (χ0n) is 75.7. The van der Waals surface area contributed by atoms with Gasteiger partial charge in [-0.1, -0.05) is 400 Å². The lowest BCUT2D eigenvalue weighted by Gasteiger charge is -2.12. The zero-order valence-corrected chi connectivity index (χ0v) is 75.7. The molecule has 29 aromatic rings. The van der Waals surface area contributed by atoms with Gasteiger partial charge in [-0.15, -0.1) is 0 Å². The number of rotatable bonds is 11. The Morgan fingerprint density at radius 3 is 0.823 bits per heavy atom. The van der Waals surface area contributed by atoms with E-state index in [9.17, 15) is 0 Å². The van der Waals surface area contributed by atoms with Crippen molar-refractivity contribution in [3.63, 3.8) is 0 Å². The minimum absolute atomic E-state index is 0.570. The third-order valence-electron chi connectivity index (χ3n) is 27.3. The van der Waals surface area contributed by atoms with Gasteiger partial charge in [0, 0.05) is 71.3 Å². The number of benzene rings is 23. The molecule has 23 aromatic carbocycles. The van der Waals surface area contributed by atoms with Gasteiger partial charge in [-0.2, -0.15) is 0 Å². The van der Waals surface area contributed by atoms with Crippen LogP contribution in [0.2, 0.25) is 0 Å². The first-order valence-electron chi connectivity index (χ1n) is 47.2. The van der Waals surface area contributed by atoms with Crippen molar-refractivity contribution in [1.29, 1.82) is 0 Å². The fraction of sp³-hybridized carbons (Fsp3) is 0. The number of nitrogens with zero attached hydrogens (tertiary/aromatic N) is 9. The van der Waals surface area contributed by atoms with E-state index in [0.717, 1.165) is 138 Å². The summed E-state index contributed by atoms with van der Waals surface area (Å²) in [5.74, 6) is 5.46. The van der Waals surface area contributed by atoms with Crippen LogP contribution in [0.4, 0.5) is 0 Å². The van der Waals surface area contributed by atoms with Gasteiger partial charge in [0.25, 0.3) is 0 Å². The molecule has 0 atom stereocenters. The van der Waals surface area contributed by atoms with Gasteiger partial charge in [0.1, 0.15) is 33.5 Å². The summed E-state index contributed by atoms with van der Waals surface area (Å²) in [7, 11) is 0. The van der Waals surface area contributed by atoms with Crippen LogP contribution in [0.25, 0.3) is 288 Å². The minimum Gasteiger partial charge on any atom is -0.456 e. The summed E-state index contributed by atoms with van der Waals surface area (Å²) < 4.78 is 19.4. The van der Waals surface area contributed by atoms with Crippen LogP contribution in [0.15, 0.2) is 480 Å². The van der Waals surface area contributed by atoms with Crippen molar-refractivity contribution in [3.8, 4) is 125 Å². The molecular weight excluding hydrogens is 1720 g/mol. The van der Waals surface area contributed by atoms with Gasteiger partial charge >= 0.3 is 0 Å². The molecule has 0 spiro atoms. The third-order valence-corrected chi connectivity index (χ3v) is 27.3. The Morgan fingerprint density at radius 1 is 0.121 bits per heavy atom.